The minimum Gasteiger partial charge on any atom is -0.494 e. The summed E-state index contributed by atoms with van der Waals surface area (Å²) in [4.78, 5) is 13.1. The van der Waals surface area contributed by atoms with Gasteiger partial charge in [-0.25, -0.2) is 8.42 Å². The van der Waals surface area contributed by atoms with E-state index in [0.717, 1.165) is 5.56 Å². The van der Waals surface area contributed by atoms with Gasteiger partial charge in [-0.15, -0.1) is 0 Å². The first-order valence-corrected chi connectivity index (χ1v) is 12.2. The Morgan fingerprint density at radius 1 is 0.818 bits per heavy atom. The fourth-order valence-electron chi connectivity index (χ4n) is 3.21. The topological polar surface area (TPSA) is 93.7 Å². The van der Waals surface area contributed by atoms with Crippen molar-refractivity contribution in [1.29, 1.82) is 0 Å². The molecule has 0 fully saturated rings. The highest BCUT2D eigenvalue weighted by Gasteiger charge is 2.26. The lowest BCUT2D eigenvalue weighted by Crippen LogP contribution is -2.45. The van der Waals surface area contributed by atoms with Crippen LogP contribution in [-0.4, -0.2) is 33.6 Å². The maximum absolute atomic E-state index is 13.1. The fraction of sp³-hybridized carbons (Fsp3) is 0.240. The molecule has 8 heteroatoms. The van der Waals surface area contributed by atoms with Gasteiger partial charge in [0.25, 0.3) is 0 Å². The van der Waals surface area contributed by atoms with Gasteiger partial charge in [0.05, 0.1) is 18.1 Å². The lowest BCUT2D eigenvalue weighted by atomic mass is 10.1. The minimum atomic E-state index is -3.95. The number of sulfonamides is 1. The average molecular weight is 469 g/mol. The Labute approximate surface area is 194 Å². The standard InChI is InChI=1S/C25H28N2O5S/c1-3-31-21-12-10-20(11-13-21)26-25(28)24(18-19-8-6-5-7-9-19)27-33(29,30)23-16-14-22(15-17-23)32-4-2/h5-17,24,27H,3-4,18H2,1-2H3,(H,26,28). The molecule has 7 nitrogen and oxygen atoms in total. The number of ether oxygens (including phenoxy) is 2. The molecule has 0 bridgehead atoms. The summed E-state index contributed by atoms with van der Waals surface area (Å²) in [5.41, 5.74) is 1.38. The van der Waals surface area contributed by atoms with Crippen LogP contribution >= 0.6 is 0 Å². The predicted molar refractivity (Wildman–Crippen MR) is 128 cm³/mol. The molecule has 0 spiro atoms. The first kappa shape index (κ1) is 24.3. The van der Waals surface area contributed by atoms with Gasteiger partial charge >= 0.3 is 0 Å². The van der Waals surface area contributed by atoms with Crippen LogP contribution in [0.15, 0.2) is 83.8 Å². The SMILES string of the molecule is CCOc1ccc(NC(=O)C(Cc2ccccc2)NS(=O)(=O)c2ccc(OCC)cc2)cc1. The summed E-state index contributed by atoms with van der Waals surface area (Å²) in [5, 5.41) is 2.79. The number of amides is 1. The van der Waals surface area contributed by atoms with Crippen molar-refractivity contribution >= 4 is 21.6 Å². The number of nitrogens with one attached hydrogen (secondary N) is 2. The second-order valence-corrected chi connectivity index (χ2v) is 8.93. The molecule has 0 saturated carbocycles. The maximum Gasteiger partial charge on any atom is 0.242 e. The summed E-state index contributed by atoms with van der Waals surface area (Å²) in [6, 6.07) is 21.2. The van der Waals surface area contributed by atoms with Crippen molar-refractivity contribution in [1.82, 2.24) is 4.72 Å². The molecular formula is C25H28N2O5S. The van der Waals surface area contributed by atoms with Crippen LogP contribution in [0, 0.1) is 0 Å². The lowest BCUT2D eigenvalue weighted by molar-refractivity contribution is -0.117. The van der Waals surface area contributed by atoms with Crippen LogP contribution in [0.5, 0.6) is 11.5 Å². The quantitative estimate of drug-likeness (QED) is 0.443. The first-order valence-electron chi connectivity index (χ1n) is 10.7. The number of hydrogen-bond donors (Lipinski definition) is 2. The van der Waals surface area contributed by atoms with Gasteiger partial charge in [-0.05, 0) is 74.4 Å². The van der Waals surface area contributed by atoms with Crippen molar-refractivity contribution < 1.29 is 22.7 Å². The Hall–Kier alpha value is -3.36. The summed E-state index contributed by atoms with van der Waals surface area (Å²) < 4.78 is 39.4. The highest BCUT2D eigenvalue weighted by atomic mass is 32.2. The molecule has 0 saturated heterocycles. The van der Waals surface area contributed by atoms with Gasteiger partial charge in [0.15, 0.2) is 0 Å². The van der Waals surface area contributed by atoms with E-state index in [9.17, 15) is 13.2 Å². The number of hydrogen-bond acceptors (Lipinski definition) is 5. The normalized spacial score (nSPS) is 12.1. The highest BCUT2D eigenvalue weighted by Crippen LogP contribution is 2.19. The van der Waals surface area contributed by atoms with Crippen molar-refractivity contribution in [2.24, 2.45) is 0 Å². The molecule has 1 atom stereocenters. The number of anilines is 1. The van der Waals surface area contributed by atoms with E-state index in [2.05, 4.69) is 10.0 Å². The zero-order valence-corrected chi connectivity index (χ0v) is 19.5. The van der Waals surface area contributed by atoms with Gasteiger partial charge in [0.1, 0.15) is 17.5 Å². The summed E-state index contributed by atoms with van der Waals surface area (Å²) in [6.45, 7) is 4.76. The third kappa shape index (κ3) is 7.06. The van der Waals surface area contributed by atoms with Gasteiger partial charge in [0.2, 0.25) is 15.9 Å². The van der Waals surface area contributed by atoms with Crippen LogP contribution in [0.3, 0.4) is 0 Å². The summed E-state index contributed by atoms with van der Waals surface area (Å²) in [5.74, 6) is 0.801. The smallest absolute Gasteiger partial charge is 0.242 e. The van der Waals surface area contributed by atoms with E-state index in [-0.39, 0.29) is 11.3 Å². The molecule has 2 N–H and O–H groups in total. The molecule has 1 amide bonds. The molecular weight excluding hydrogens is 440 g/mol. The van der Waals surface area contributed by atoms with E-state index in [4.69, 9.17) is 9.47 Å². The molecule has 174 valence electrons. The van der Waals surface area contributed by atoms with E-state index in [1.807, 2.05) is 44.2 Å². The molecule has 0 aliphatic heterocycles. The molecule has 3 aromatic rings. The Kier molecular flexibility index (Phi) is 8.46. The van der Waals surface area contributed by atoms with Gasteiger partial charge in [0, 0.05) is 5.69 Å². The maximum atomic E-state index is 13.1. The Morgan fingerprint density at radius 2 is 1.36 bits per heavy atom. The Morgan fingerprint density at radius 3 is 1.91 bits per heavy atom. The second-order valence-electron chi connectivity index (χ2n) is 7.21. The van der Waals surface area contributed by atoms with E-state index in [1.54, 1.807) is 36.4 Å². The Bertz CT molecular complexity index is 1130. The highest BCUT2D eigenvalue weighted by molar-refractivity contribution is 7.89. The molecule has 0 radical (unpaired) electrons. The van der Waals surface area contributed by atoms with Crippen LogP contribution in [0.4, 0.5) is 5.69 Å². The molecule has 0 heterocycles. The molecule has 3 aromatic carbocycles. The number of carbonyl (C=O) groups excluding carboxylic acids is 1. The van der Waals surface area contributed by atoms with E-state index in [0.29, 0.717) is 30.4 Å². The monoisotopic (exact) mass is 468 g/mol. The molecule has 3 rings (SSSR count). The molecule has 1 unspecified atom stereocenters. The van der Waals surface area contributed by atoms with Crippen molar-refractivity contribution in [3.05, 3.63) is 84.4 Å². The van der Waals surface area contributed by atoms with E-state index >= 15 is 0 Å². The van der Waals surface area contributed by atoms with Crippen molar-refractivity contribution in [2.75, 3.05) is 18.5 Å². The van der Waals surface area contributed by atoms with Crippen LogP contribution in [-0.2, 0) is 21.2 Å². The minimum absolute atomic E-state index is 0.0536. The zero-order valence-electron chi connectivity index (χ0n) is 18.7. The third-order valence-corrected chi connectivity index (χ3v) is 6.26. The van der Waals surface area contributed by atoms with Crippen LogP contribution in [0.25, 0.3) is 0 Å². The van der Waals surface area contributed by atoms with Crippen molar-refractivity contribution in [3.63, 3.8) is 0 Å². The van der Waals surface area contributed by atoms with Gasteiger partial charge in [-0.3, -0.25) is 4.79 Å². The molecule has 0 aliphatic carbocycles. The third-order valence-electron chi connectivity index (χ3n) is 4.77. The number of carbonyl (C=O) groups is 1. The largest absolute Gasteiger partial charge is 0.494 e. The summed E-state index contributed by atoms with van der Waals surface area (Å²) in [7, 11) is -3.95. The number of rotatable bonds is 11. The van der Waals surface area contributed by atoms with Crippen LogP contribution in [0.2, 0.25) is 0 Å². The first-order chi connectivity index (χ1) is 15.9. The fourth-order valence-corrected chi connectivity index (χ4v) is 4.40. The second kappa shape index (κ2) is 11.5. The predicted octanol–water partition coefficient (Wildman–Crippen LogP) is 4.01. The molecule has 0 aliphatic rings. The van der Waals surface area contributed by atoms with Gasteiger partial charge in [-0.1, -0.05) is 30.3 Å². The van der Waals surface area contributed by atoms with Crippen molar-refractivity contribution in [2.45, 2.75) is 31.2 Å². The Balaban J connectivity index is 1.80. The van der Waals surface area contributed by atoms with Crippen LogP contribution < -0.4 is 19.5 Å². The van der Waals surface area contributed by atoms with Crippen LogP contribution in [0.1, 0.15) is 19.4 Å². The average Bonchev–Trinajstić information content (AvgIpc) is 2.81. The lowest BCUT2D eigenvalue weighted by Gasteiger charge is -2.19. The molecule has 33 heavy (non-hydrogen) atoms. The van der Waals surface area contributed by atoms with Gasteiger partial charge < -0.3 is 14.8 Å². The van der Waals surface area contributed by atoms with E-state index < -0.39 is 22.0 Å². The summed E-state index contributed by atoms with van der Waals surface area (Å²) >= 11 is 0. The van der Waals surface area contributed by atoms with Crippen molar-refractivity contribution in [3.8, 4) is 11.5 Å². The zero-order chi connectivity index (χ0) is 23.7. The van der Waals surface area contributed by atoms with E-state index in [1.165, 1.54) is 12.1 Å². The number of benzene rings is 3. The molecule has 0 aromatic heterocycles. The summed E-state index contributed by atoms with van der Waals surface area (Å²) in [6.07, 6.45) is 0.194. The van der Waals surface area contributed by atoms with Gasteiger partial charge in [-0.2, -0.15) is 4.72 Å².